The van der Waals surface area contributed by atoms with E-state index in [1.807, 2.05) is 12.1 Å². The molecular formula is C13H20N2O2S. The topological polar surface area (TPSA) is 63.4 Å². The Morgan fingerprint density at radius 3 is 2.61 bits per heavy atom. The van der Waals surface area contributed by atoms with Crippen molar-refractivity contribution < 1.29 is 8.42 Å². The molecule has 4 nitrogen and oxygen atoms in total. The summed E-state index contributed by atoms with van der Waals surface area (Å²) in [6.45, 7) is 1.93. The molecule has 0 aromatic heterocycles. The molecule has 0 amide bonds. The highest BCUT2D eigenvalue weighted by Gasteiger charge is 2.25. The van der Waals surface area contributed by atoms with Gasteiger partial charge in [-0.3, -0.25) is 4.90 Å². The van der Waals surface area contributed by atoms with Crippen LogP contribution in [0.25, 0.3) is 0 Å². The molecule has 18 heavy (non-hydrogen) atoms. The van der Waals surface area contributed by atoms with Crippen molar-refractivity contribution in [1.82, 2.24) is 4.90 Å². The number of hydrogen-bond donors (Lipinski definition) is 1. The summed E-state index contributed by atoms with van der Waals surface area (Å²) in [4.78, 5) is 2.18. The van der Waals surface area contributed by atoms with Gasteiger partial charge < -0.3 is 5.73 Å². The molecule has 1 atom stereocenters. The van der Waals surface area contributed by atoms with Crippen molar-refractivity contribution in [1.29, 1.82) is 0 Å². The molecule has 0 saturated heterocycles. The Morgan fingerprint density at radius 1 is 1.33 bits per heavy atom. The van der Waals surface area contributed by atoms with E-state index in [1.165, 1.54) is 17.4 Å². The van der Waals surface area contributed by atoms with Gasteiger partial charge in [-0.2, -0.15) is 0 Å². The van der Waals surface area contributed by atoms with Crippen LogP contribution in [-0.2, 0) is 22.8 Å². The normalized spacial score (nSPS) is 20.7. The summed E-state index contributed by atoms with van der Waals surface area (Å²) in [5.74, 6) is 0.200. The molecule has 100 valence electrons. The Labute approximate surface area is 109 Å². The summed E-state index contributed by atoms with van der Waals surface area (Å²) >= 11 is 0. The van der Waals surface area contributed by atoms with Crippen LogP contribution in [0, 0.1) is 0 Å². The summed E-state index contributed by atoms with van der Waals surface area (Å²) < 4.78 is 22.5. The molecule has 1 unspecified atom stereocenters. The number of sulfone groups is 1. The Kier molecular flexibility index (Phi) is 4.04. The van der Waals surface area contributed by atoms with Crippen molar-refractivity contribution in [3.8, 4) is 0 Å². The average molecular weight is 268 g/mol. The quantitative estimate of drug-likeness (QED) is 0.859. The lowest BCUT2D eigenvalue weighted by Crippen LogP contribution is -2.46. The van der Waals surface area contributed by atoms with E-state index in [0.717, 1.165) is 13.0 Å². The van der Waals surface area contributed by atoms with Crippen molar-refractivity contribution in [2.75, 3.05) is 25.1 Å². The third-order valence-corrected chi connectivity index (χ3v) is 4.41. The zero-order valence-electron chi connectivity index (χ0n) is 10.7. The molecule has 0 bridgehead atoms. The van der Waals surface area contributed by atoms with Crippen molar-refractivity contribution in [3.05, 3.63) is 35.4 Å². The zero-order valence-corrected chi connectivity index (χ0v) is 11.5. The number of hydrogen-bond acceptors (Lipinski definition) is 4. The molecular weight excluding hydrogens is 248 g/mol. The molecule has 1 aromatic rings. The largest absolute Gasteiger partial charge is 0.329 e. The SMILES string of the molecule is CS(=O)(=O)CCN1Cc2ccccc2CC1CN. The number of fused-ring (bicyclic) bond motifs is 1. The van der Waals surface area contributed by atoms with Crippen LogP contribution in [0.2, 0.25) is 0 Å². The molecule has 0 fully saturated rings. The van der Waals surface area contributed by atoms with E-state index in [2.05, 4.69) is 17.0 Å². The summed E-state index contributed by atoms with van der Waals surface area (Å²) in [6.07, 6.45) is 2.19. The van der Waals surface area contributed by atoms with Crippen LogP contribution in [0.4, 0.5) is 0 Å². The first-order valence-electron chi connectivity index (χ1n) is 6.18. The highest BCUT2D eigenvalue weighted by Crippen LogP contribution is 2.22. The summed E-state index contributed by atoms with van der Waals surface area (Å²) in [7, 11) is -2.91. The molecule has 2 N–H and O–H groups in total. The Balaban J connectivity index is 2.11. The molecule has 0 aliphatic carbocycles. The minimum Gasteiger partial charge on any atom is -0.329 e. The van der Waals surface area contributed by atoms with Crippen LogP contribution in [0.1, 0.15) is 11.1 Å². The standard InChI is InChI=1S/C13H20N2O2S/c1-18(16,17)7-6-15-10-12-5-3-2-4-11(12)8-13(15)9-14/h2-5,13H,6-10,14H2,1H3. The van der Waals surface area contributed by atoms with Crippen LogP contribution in [0.3, 0.4) is 0 Å². The highest BCUT2D eigenvalue weighted by molar-refractivity contribution is 7.90. The maximum absolute atomic E-state index is 11.3. The van der Waals surface area contributed by atoms with Crippen LogP contribution in [0.5, 0.6) is 0 Å². The van der Waals surface area contributed by atoms with Gasteiger partial charge in [0.1, 0.15) is 9.84 Å². The van der Waals surface area contributed by atoms with Gasteiger partial charge >= 0.3 is 0 Å². The minimum absolute atomic E-state index is 0.200. The maximum atomic E-state index is 11.3. The smallest absolute Gasteiger partial charge is 0.148 e. The van der Waals surface area contributed by atoms with Crippen LogP contribution in [0.15, 0.2) is 24.3 Å². The zero-order chi connectivity index (χ0) is 13.2. The van der Waals surface area contributed by atoms with Crippen molar-refractivity contribution in [3.63, 3.8) is 0 Å². The fourth-order valence-electron chi connectivity index (χ4n) is 2.42. The van der Waals surface area contributed by atoms with Crippen LogP contribution >= 0.6 is 0 Å². The van der Waals surface area contributed by atoms with E-state index in [0.29, 0.717) is 13.1 Å². The molecule has 1 aliphatic heterocycles. The third kappa shape index (κ3) is 3.31. The predicted octanol–water partition coefficient (Wildman–Crippen LogP) is 0.417. The van der Waals surface area contributed by atoms with E-state index in [4.69, 9.17) is 5.73 Å². The monoisotopic (exact) mass is 268 g/mol. The Hall–Kier alpha value is -0.910. The first-order valence-corrected chi connectivity index (χ1v) is 8.24. The van der Waals surface area contributed by atoms with E-state index < -0.39 is 9.84 Å². The minimum atomic E-state index is -2.91. The van der Waals surface area contributed by atoms with Gasteiger partial charge in [-0.25, -0.2) is 8.42 Å². The van der Waals surface area contributed by atoms with E-state index in [-0.39, 0.29) is 11.8 Å². The van der Waals surface area contributed by atoms with E-state index in [9.17, 15) is 8.42 Å². The molecule has 5 heteroatoms. The first-order chi connectivity index (χ1) is 8.49. The second-order valence-corrected chi connectivity index (χ2v) is 7.22. The lowest BCUT2D eigenvalue weighted by molar-refractivity contribution is 0.187. The predicted molar refractivity (Wildman–Crippen MR) is 73.1 cm³/mol. The molecule has 0 radical (unpaired) electrons. The second kappa shape index (κ2) is 5.38. The van der Waals surface area contributed by atoms with Gasteiger partial charge in [0.15, 0.2) is 0 Å². The van der Waals surface area contributed by atoms with Crippen molar-refractivity contribution in [2.24, 2.45) is 5.73 Å². The number of benzene rings is 1. The lowest BCUT2D eigenvalue weighted by atomic mass is 9.94. The first kappa shape index (κ1) is 13.5. The van der Waals surface area contributed by atoms with Gasteiger partial charge in [0.05, 0.1) is 5.75 Å². The van der Waals surface area contributed by atoms with Gasteiger partial charge in [-0.15, -0.1) is 0 Å². The van der Waals surface area contributed by atoms with Crippen LogP contribution < -0.4 is 5.73 Å². The molecule has 1 heterocycles. The molecule has 1 aromatic carbocycles. The third-order valence-electron chi connectivity index (χ3n) is 3.49. The molecule has 2 rings (SSSR count). The van der Waals surface area contributed by atoms with Gasteiger partial charge in [0.2, 0.25) is 0 Å². The number of rotatable bonds is 4. The number of nitrogens with two attached hydrogens (primary N) is 1. The second-order valence-electron chi connectivity index (χ2n) is 4.96. The fraction of sp³-hybridized carbons (Fsp3) is 0.538. The van der Waals surface area contributed by atoms with Crippen molar-refractivity contribution >= 4 is 9.84 Å². The summed E-state index contributed by atoms with van der Waals surface area (Å²) in [5.41, 5.74) is 8.42. The molecule has 1 aliphatic rings. The van der Waals surface area contributed by atoms with Gasteiger partial charge in [-0.05, 0) is 17.5 Å². The van der Waals surface area contributed by atoms with E-state index in [1.54, 1.807) is 0 Å². The highest BCUT2D eigenvalue weighted by atomic mass is 32.2. The van der Waals surface area contributed by atoms with Crippen LogP contribution in [-0.4, -0.2) is 44.5 Å². The van der Waals surface area contributed by atoms with Gasteiger partial charge in [0, 0.05) is 31.9 Å². The fourth-order valence-corrected chi connectivity index (χ4v) is 2.98. The molecule has 0 spiro atoms. The molecule has 0 saturated carbocycles. The average Bonchev–Trinajstić information content (AvgIpc) is 2.34. The summed E-state index contributed by atoms with van der Waals surface area (Å²) in [5, 5.41) is 0. The lowest BCUT2D eigenvalue weighted by Gasteiger charge is -2.36. The summed E-state index contributed by atoms with van der Waals surface area (Å²) in [6, 6.07) is 8.55. The Bertz CT molecular complexity index is 513. The maximum Gasteiger partial charge on any atom is 0.148 e. The van der Waals surface area contributed by atoms with E-state index >= 15 is 0 Å². The number of nitrogens with zero attached hydrogens (tertiary/aromatic N) is 1. The van der Waals surface area contributed by atoms with Gasteiger partial charge in [-0.1, -0.05) is 24.3 Å². The Morgan fingerprint density at radius 2 is 2.00 bits per heavy atom. The van der Waals surface area contributed by atoms with Crippen molar-refractivity contribution in [2.45, 2.75) is 19.0 Å². The van der Waals surface area contributed by atoms with Gasteiger partial charge in [0.25, 0.3) is 0 Å².